The molecule has 0 saturated carbocycles. The molecular weight excluding hydrogens is 300 g/mol. The lowest BCUT2D eigenvalue weighted by Crippen LogP contribution is -2.44. The molecule has 4 heteroatoms. The van der Waals surface area contributed by atoms with Gasteiger partial charge in [-0.3, -0.25) is 9.80 Å². The average molecular weight is 330 g/mol. The van der Waals surface area contributed by atoms with Gasteiger partial charge < -0.3 is 9.47 Å². The van der Waals surface area contributed by atoms with E-state index in [0.29, 0.717) is 6.04 Å². The largest absolute Gasteiger partial charge is 0.497 e. The highest BCUT2D eigenvalue weighted by Gasteiger charge is 2.44. The van der Waals surface area contributed by atoms with Gasteiger partial charge in [-0.05, 0) is 62.9 Å². The van der Waals surface area contributed by atoms with Gasteiger partial charge in [-0.2, -0.15) is 0 Å². The second kappa shape index (κ2) is 7.03. The molecule has 0 bridgehead atoms. The highest BCUT2D eigenvalue weighted by molar-refractivity contribution is 5.27. The monoisotopic (exact) mass is 330 g/mol. The number of hydrogen-bond donors (Lipinski definition) is 0. The predicted molar refractivity (Wildman–Crippen MR) is 95.4 cm³/mol. The molecule has 0 unspecified atom stereocenters. The zero-order valence-corrected chi connectivity index (χ0v) is 14.9. The Bertz CT molecular complexity index is 531. The van der Waals surface area contributed by atoms with Crippen LogP contribution in [-0.4, -0.2) is 61.3 Å². The van der Waals surface area contributed by atoms with Gasteiger partial charge in [0, 0.05) is 25.7 Å². The lowest BCUT2D eigenvalue weighted by molar-refractivity contribution is -0.0452. The maximum absolute atomic E-state index is 6.35. The molecule has 1 aromatic carbocycles. The minimum Gasteiger partial charge on any atom is -0.497 e. The third kappa shape index (κ3) is 3.46. The second-order valence-corrected chi connectivity index (χ2v) is 7.72. The van der Waals surface area contributed by atoms with Crippen LogP contribution in [0.3, 0.4) is 0 Å². The zero-order chi connectivity index (χ0) is 16.4. The van der Waals surface area contributed by atoms with E-state index in [-0.39, 0.29) is 5.60 Å². The van der Waals surface area contributed by atoms with Gasteiger partial charge in [-0.25, -0.2) is 0 Å². The number of ether oxygens (including phenoxy) is 2. The summed E-state index contributed by atoms with van der Waals surface area (Å²) in [6.07, 6.45) is 6.38. The second-order valence-electron chi connectivity index (χ2n) is 7.72. The Balaban J connectivity index is 1.28. The fourth-order valence-electron chi connectivity index (χ4n) is 4.62. The van der Waals surface area contributed by atoms with Crippen molar-refractivity contribution in [3.05, 3.63) is 29.8 Å². The SMILES string of the molecule is COc1ccc(CN2CCC3(CC2)C[C@@H](N2CCCC2)CO3)cc1. The van der Waals surface area contributed by atoms with E-state index in [1.165, 1.54) is 50.8 Å². The van der Waals surface area contributed by atoms with Crippen molar-refractivity contribution in [1.82, 2.24) is 9.80 Å². The molecule has 4 rings (SSSR count). The highest BCUT2D eigenvalue weighted by atomic mass is 16.5. The van der Waals surface area contributed by atoms with Gasteiger partial charge in [0.05, 0.1) is 19.3 Å². The number of hydrogen-bond acceptors (Lipinski definition) is 4. The Morgan fingerprint density at radius 3 is 2.46 bits per heavy atom. The topological polar surface area (TPSA) is 24.9 Å². The number of benzene rings is 1. The lowest BCUT2D eigenvalue weighted by atomic mass is 9.87. The normalized spacial score (nSPS) is 27.8. The summed E-state index contributed by atoms with van der Waals surface area (Å²) < 4.78 is 11.6. The molecule has 3 saturated heterocycles. The molecule has 0 N–H and O–H groups in total. The first-order valence-corrected chi connectivity index (χ1v) is 9.50. The maximum atomic E-state index is 6.35. The number of rotatable bonds is 4. The summed E-state index contributed by atoms with van der Waals surface area (Å²) in [5.74, 6) is 0.934. The summed E-state index contributed by atoms with van der Waals surface area (Å²) >= 11 is 0. The molecule has 4 nitrogen and oxygen atoms in total. The van der Waals surface area contributed by atoms with Crippen LogP contribution in [0.1, 0.15) is 37.7 Å². The zero-order valence-electron chi connectivity index (χ0n) is 14.9. The summed E-state index contributed by atoms with van der Waals surface area (Å²) in [6.45, 7) is 6.87. The van der Waals surface area contributed by atoms with E-state index in [0.717, 1.165) is 32.0 Å². The molecule has 3 fully saturated rings. The van der Waals surface area contributed by atoms with E-state index in [1.54, 1.807) is 7.11 Å². The van der Waals surface area contributed by atoms with E-state index >= 15 is 0 Å². The average Bonchev–Trinajstić information content (AvgIpc) is 3.28. The Kier molecular flexibility index (Phi) is 4.79. The van der Waals surface area contributed by atoms with Crippen LogP contribution in [0, 0.1) is 0 Å². The molecule has 3 aliphatic rings. The van der Waals surface area contributed by atoms with Crippen molar-refractivity contribution < 1.29 is 9.47 Å². The lowest BCUT2D eigenvalue weighted by Gasteiger charge is -2.39. The van der Waals surface area contributed by atoms with E-state index in [1.807, 2.05) is 0 Å². The number of likely N-dealkylation sites (tertiary alicyclic amines) is 2. The number of piperidine rings is 1. The fourth-order valence-corrected chi connectivity index (χ4v) is 4.62. The van der Waals surface area contributed by atoms with Crippen molar-refractivity contribution in [2.75, 3.05) is 39.9 Å². The van der Waals surface area contributed by atoms with E-state index < -0.39 is 0 Å². The Morgan fingerprint density at radius 1 is 1.08 bits per heavy atom. The predicted octanol–water partition coefficient (Wildman–Crippen LogP) is 2.91. The summed E-state index contributed by atoms with van der Waals surface area (Å²) in [6, 6.07) is 9.15. The Morgan fingerprint density at radius 2 is 1.79 bits per heavy atom. The molecule has 0 aliphatic carbocycles. The molecule has 0 aromatic heterocycles. The Labute approximate surface area is 145 Å². The van der Waals surface area contributed by atoms with Crippen LogP contribution in [0.5, 0.6) is 5.75 Å². The van der Waals surface area contributed by atoms with Gasteiger partial charge in [0.15, 0.2) is 0 Å². The molecule has 1 aromatic rings. The van der Waals surface area contributed by atoms with Gasteiger partial charge >= 0.3 is 0 Å². The molecular formula is C20H30N2O2. The number of nitrogens with zero attached hydrogens (tertiary/aromatic N) is 2. The van der Waals surface area contributed by atoms with Crippen LogP contribution in [0.4, 0.5) is 0 Å². The van der Waals surface area contributed by atoms with Gasteiger partial charge in [-0.1, -0.05) is 12.1 Å². The Hall–Kier alpha value is -1.10. The quantitative estimate of drug-likeness (QED) is 0.847. The van der Waals surface area contributed by atoms with Crippen LogP contribution in [0.25, 0.3) is 0 Å². The molecule has 3 heterocycles. The first kappa shape index (κ1) is 16.4. The van der Waals surface area contributed by atoms with Gasteiger partial charge in [0.1, 0.15) is 5.75 Å². The minimum absolute atomic E-state index is 0.170. The van der Waals surface area contributed by atoms with E-state index in [9.17, 15) is 0 Å². The van der Waals surface area contributed by atoms with Crippen molar-refractivity contribution in [3.63, 3.8) is 0 Å². The highest BCUT2D eigenvalue weighted by Crippen LogP contribution is 2.38. The molecule has 0 amide bonds. The smallest absolute Gasteiger partial charge is 0.118 e. The number of methoxy groups -OCH3 is 1. The van der Waals surface area contributed by atoms with Crippen LogP contribution in [0.15, 0.2) is 24.3 Å². The summed E-state index contributed by atoms with van der Waals surface area (Å²) in [5.41, 5.74) is 1.54. The molecule has 3 aliphatic heterocycles. The first-order chi connectivity index (χ1) is 11.8. The van der Waals surface area contributed by atoms with Crippen molar-refractivity contribution in [2.45, 2.75) is 50.3 Å². The van der Waals surface area contributed by atoms with Crippen molar-refractivity contribution in [2.24, 2.45) is 0 Å². The van der Waals surface area contributed by atoms with Crippen molar-refractivity contribution in [1.29, 1.82) is 0 Å². The van der Waals surface area contributed by atoms with E-state index in [4.69, 9.17) is 9.47 Å². The van der Waals surface area contributed by atoms with Crippen molar-refractivity contribution >= 4 is 0 Å². The van der Waals surface area contributed by atoms with Crippen LogP contribution in [-0.2, 0) is 11.3 Å². The maximum Gasteiger partial charge on any atom is 0.118 e. The van der Waals surface area contributed by atoms with Crippen LogP contribution in [0.2, 0.25) is 0 Å². The van der Waals surface area contributed by atoms with Gasteiger partial charge in [-0.15, -0.1) is 0 Å². The van der Waals surface area contributed by atoms with E-state index in [2.05, 4.69) is 34.1 Å². The minimum atomic E-state index is 0.170. The summed E-state index contributed by atoms with van der Waals surface area (Å²) in [5, 5.41) is 0. The van der Waals surface area contributed by atoms with Crippen molar-refractivity contribution in [3.8, 4) is 5.75 Å². The van der Waals surface area contributed by atoms with Crippen LogP contribution >= 0.6 is 0 Å². The third-order valence-electron chi connectivity index (χ3n) is 6.18. The molecule has 24 heavy (non-hydrogen) atoms. The summed E-state index contributed by atoms with van der Waals surface area (Å²) in [7, 11) is 1.72. The van der Waals surface area contributed by atoms with Gasteiger partial charge in [0.25, 0.3) is 0 Å². The molecule has 1 atom stereocenters. The standard InChI is InChI=1S/C20H30N2O2/c1-23-19-6-4-17(5-7-19)15-21-12-8-20(9-13-21)14-18(16-24-20)22-10-2-3-11-22/h4-7,18H,2-3,8-16H2,1H3/t18-/m1/s1. The van der Waals surface area contributed by atoms with Crippen LogP contribution < -0.4 is 4.74 Å². The molecule has 1 spiro atoms. The molecule has 0 radical (unpaired) electrons. The summed E-state index contributed by atoms with van der Waals surface area (Å²) in [4.78, 5) is 5.23. The fraction of sp³-hybridized carbons (Fsp3) is 0.700. The first-order valence-electron chi connectivity index (χ1n) is 9.50. The third-order valence-corrected chi connectivity index (χ3v) is 6.18. The molecule has 132 valence electrons. The van der Waals surface area contributed by atoms with Gasteiger partial charge in [0.2, 0.25) is 0 Å².